The minimum Gasteiger partial charge on any atom is -0.495 e. The zero-order valence-corrected chi connectivity index (χ0v) is 9.45. The summed E-state index contributed by atoms with van der Waals surface area (Å²) in [4.78, 5) is 11.7. The zero-order valence-electron chi connectivity index (χ0n) is 9.45. The number of esters is 1. The van der Waals surface area contributed by atoms with Crippen LogP contribution in [0.15, 0.2) is 18.2 Å². The van der Waals surface area contributed by atoms with Gasteiger partial charge in [0.15, 0.2) is 0 Å². The molecule has 4 nitrogen and oxygen atoms in total. The predicted octanol–water partition coefficient (Wildman–Crippen LogP) is 1.48. The Hall–Kier alpha value is -1.71. The maximum Gasteiger partial charge on any atom is 0.316 e. The van der Waals surface area contributed by atoms with E-state index in [2.05, 4.69) is 0 Å². The van der Waals surface area contributed by atoms with E-state index in [0.29, 0.717) is 11.4 Å². The van der Waals surface area contributed by atoms with Crippen LogP contribution in [0.1, 0.15) is 18.4 Å². The highest BCUT2D eigenvalue weighted by molar-refractivity contribution is 5.87. The molecule has 1 fully saturated rings. The topological polar surface area (TPSA) is 61.5 Å². The summed E-state index contributed by atoms with van der Waals surface area (Å²) < 4.78 is 9.97. The average Bonchev–Trinajstić information content (AvgIpc) is 3.10. The van der Waals surface area contributed by atoms with Crippen LogP contribution in [-0.4, -0.2) is 20.2 Å². The molecule has 0 aromatic heterocycles. The van der Waals surface area contributed by atoms with Gasteiger partial charge in [0.25, 0.3) is 0 Å². The first-order chi connectivity index (χ1) is 7.64. The van der Waals surface area contributed by atoms with Crippen molar-refractivity contribution in [2.45, 2.75) is 18.3 Å². The van der Waals surface area contributed by atoms with Gasteiger partial charge in [-0.15, -0.1) is 0 Å². The Morgan fingerprint density at radius 2 is 2.06 bits per heavy atom. The third-order valence-corrected chi connectivity index (χ3v) is 3.11. The van der Waals surface area contributed by atoms with Crippen LogP contribution >= 0.6 is 0 Å². The average molecular weight is 221 g/mol. The van der Waals surface area contributed by atoms with Crippen LogP contribution < -0.4 is 10.5 Å². The fourth-order valence-corrected chi connectivity index (χ4v) is 1.94. The van der Waals surface area contributed by atoms with E-state index in [1.165, 1.54) is 7.11 Å². The summed E-state index contributed by atoms with van der Waals surface area (Å²) in [7, 11) is 2.98. The molecule has 0 unspecified atom stereocenters. The van der Waals surface area contributed by atoms with Crippen LogP contribution in [0.2, 0.25) is 0 Å². The van der Waals surface area contributed by atoms with Crippen molar-refractivity contribution in [3.05, 3.63) is 23.8 Å². The summed E-state index contributed by atoms with van der Waals surface area (Å²) in [6, 6.07) is 5.44. The molecule has 0 aliphatic heterocycles. The van der Waals surface area contributed by atoms with E-state index in [0.717, 1.165) is 18.4 Å². The molecule has 4 heteroatoms. The van der Waals surface area contributed by atoms with Gasteiger partial charge in [0.1, 0.15) is 5.75 Å². The lowest BCUT2D eigenvalue weighted by molar-refractivity contribution is -0.143. The number of hydrogen-bond acceptors (Lipinski definition) is 4. The third kappa shape index (κ3) is 1.50. The number of hydrogen-bond donors (Lipinski definition) is 1. The number of carbonyl (C=O) groups is 1. The van der Waals surface area contributed by atoms with Crippen molar-refractivity contribution in [2.24, 2.45) is 0 Å². The molecule has 0 heterocycles. The molecule has 0 bridgehead atoms. The zero-order chi connectivity index (χ0) is 11.8. The summed E-state index contributed by atoms with van der Waals surface area (Å²) in [6.07, 6.45) is 1.65. The Morgan fingerprint density at radius 1 is 1.38 bits per heavy atom. The fraction of sp³-hybridized carbons (Fsp3) is 0.417. The molecule has 1 saturated carbocycles. The Kier molecular flexibility index (Phi) is 2.50. The molecule has 0 saturated heterocycles. The molecular weight excluding hydrogens is 206 g/mol. The van der Waals surface area contributed by atoms with Crippen LogP contribution in [0.4, 0.5) is 5.69 Å². The van der Waals surface area contributed by atoms with Gasteiger partial charge < -0.3 is 15.2 Å². The van der Waals surface area contributed by atoms with Gasteiger partial charge in [-0.25, -0.2) is 0 Å². The van der Waals surface area contributed by atoms with E-state index in [9.17, 15) is 4.79 Å². The maximum absolute atomic E-state index is 11.7. The Morgan fingerprint density at radius 3 is 2.56 bits per heavy atom. The number of methoxy groups -OCH3 is 2. The molecule has 0 radical (unpaired) electrons. The smallest absolute Gasteiger partial charge is 0.316 e. The van der Waals surface area contributed by atoms with Gasteiger partial charge in [0, 0.05) is 0 Å². The number of ether oxygens (including phenoxy) is 2. The number of nitrogen functional groups attached to an aromatic ring is 1. The third-order valence-electron chi connectivity index (χ3n) is 3.11. The second-order valence-corrected chi connectivity index (χ2v) is 4.03. The van der Waals surface area contributed by atoms with Crippen LogP contribution in [0.25, 0.3) is 0 Å². The Balaban J connectivity index is 2.38. The molecule has 0 atom stereocenters. The maximum atomic E-state index is 11.7. The van der Waals surface area contributed by atoms with Crippen LogP contribution in [0.3, 0.4) is 0 Å². The molecule has 86 valence electrons. The van der Waals surface area contributed by atoms with E-state index in [1.54, 1.807) is 13.2 Å². The molecule has 1 aliphatic carbocycles. The summed E-state index contributed by atoms with van der Waals surface area (Å²) in [5, 5.41) is 0. The lowest BCUT2D eigenvalue weighted by Crippen LogP contribution is -2.21. The van der Waals surface area contributed by atoms with Gasteiger partial charge in [-0.3, -0.25) is 4.79 Å². The van der Waals surface area contributed by atoms with Gasteiger partial charge >= 0.3 is 5.97 Å². The number of anilines is 1. The largest absolute Gasteiger partial charge is 0.495 e. The van der Waals surface area contributed by atoms with E-state index in [-0.39, 0.29) is 5.97 Å². The van der Waals surface area contributed by atoms with Crippen molar-refractivity contribution in [1.82, 2.24) is 0 Å². The summed E-state index contributed by atoms with van der Waals surface area (Å²) in [6.45, 7) is 0. The van der Waals surface area contributed by atoms with E-state index >= 15 is 0 Å². The first kappa shape index (κ1) is 10.8. The van der Waals surface area contributed by atoms with Crippen molar-refractivity contribution in [3.8, 4) is 5.75 Å². The molecule has 1 aromatic rings. The molecular formula is C12H15NO3. The second-order valence-electron chi connectivity index (χ2n) is 4.03. The summed E-state index contributed by atoms with van der Waals surface area (Å²) in [5.41, 5.74) is 6.77. The first-order valence-corrected chi connectivity index (χ1v) is 5.16. The summed E-state index contributed by atoms with van der Waals surface area (Å²) in [5.74, 6) is 0.423. The molecule has 0 spiro atoms. The van der Waals surface area contributed by atoms with Crippen molar-refractivity contribution in [1.29, 1.82) is 0 Å². The van der Waals surface area contributed by atoms with Crippen molar-refractivity contribution in [2.75, 3.05) is 20.0 Å². The van der Waals surface area contributed by atoms with Crippen molar-refractivity contribution >= 4 is 11.7 Å². The SMILES string of the molecule is COC(=O)C1(c2ccc(N)c(OC)c2)CC1. The van der Waals surface area contributed by atoms with Gasteiger partial charge in [-0.2, -0.15) is 0 Å². The highest BCUT2D eigenvalue weighted by Crippen LogP contribution is 2.50. The lowest BCUT2D eigenvalue weighted by atomic mass is 9.95. The Bertz CT molecular complexity index is 424. The number of rotatable bonds is 3. The standard InChI is InChI=1S/C12H15NO3/c1-15-10-7-8(3-4-9(10)13)12(5-6-12)11(14)16-2/h3-4,7H,5-6,13H2,1-2H3. The quantitative estimate of drug-likeness (QED) is 0.620. The van der Waals surface area contributed by atoms with Crippen LogP contribution in [0, 0.1) is 0 Å². The van der Waals surface area contributed by atoms with Crippen molar-refractivity contribution in [3.63, 3.8) is 0 Å². The number of nitrogens with two attached hydrogens (primary N) is 1. The van der Waals surface area contributed by atoms with E-state index < -0.39 is 5.41 Å². The first-order valence-electron chi connectivity index (χ1n) is 5.16. The second kappa shape index (κ2) is 3.70. The monoisotopic (exact) mass is 221 g/mol. The van der Waals surface area contributed by atoms with Crippen LogP contribution in [-0.2, 0) is 14.9 Å². The number of carbonyl (C=O) groups excluding carboxylic acids is 1. The minimum absolute atomic E-state index is 0.181. The Labute approximate surface area is 94.3 Å². The molecule has 2 N–H and O–H groups in total. The highest BCUT2D eigenvalue weighted by Gasteiger charge is 2.52. The van der Waals surface area contributed by atoms with Gasteiger partial charge in [-0.1, -0.05) is 6.07 Å². The minimum atomic E-state index is -0.463. The van der Waals surface area contributed by atoms with Crippen molar-refractivity contribution < 1.29 is 14.3 Å². The van der Waals surface area contributed by atoms with Crippen LogP contribution in [0.5, 0.6) is 5.75 Å². The highest BCUT2D eigenvalue weighted by atomic mass is 16.5. The molecule has 1 aromatic carbocycles. The molecule has 1 aliphatic rings. The van der Waals surface area contributed by atoms with E-state index in [4.69, 9.17) is 15.2 Å². The predicted molar refractivity (Wildman–Crippen MR) is 60.3 cm³/mol. The van der Waals surface area contributed by atoms with Gasteiger partial charge in [0.05, 0.1) is 25.3 Å². The van der Waals surface area contributed by atoms with E-state index in [1.807, 2.05) is 12.1 Å². The number of benzene rings is 1. The molecule has 16 heavy (non-hydrogen) atoms. The fourth-order valence-electron chi connectivity index (χ4n) is 1.94. The normalized spacial score (nSPS) is 16.6. The van der Waals surface area contributed by atoms with Gasteiger partial charge in [0.2, 0.25) is 0 Å². The lowest BCUT2D eigenvalue weighted by Gasteiger charge is -2.14. The van der Waals surface area contributed by atoms with Gasteiger partial charge in [-0.05, 0) is 30.5 Å². The molecule has 0 amide bonds. The summed E-state index contributed by atoms with van der Waals surface area (Å²) >= 11 is 0. The molecule has 2 rings (SSSR count).